The third-order valence-electron chi connectivity index (χ3n) is 2.29. The molecule has 1 rings (SSSR count). The molecule has 1 aromatic carbocycles. The van der Waals surface area contributed by atoms with Crippen LogP contribution in [0.1, 0.15) is 25.0 Å². The van der Waals surface area contributed by atoms with Crippen molar-refractivity contribution in [3.63, 3.8) is 0 Å². The van der Waals surface area contributed by atoms with E-state index in [9.17, 15) is 10.2 Å². The second-order valence-corrected chi connectivity index (χ2v) is 4.82. The van der Waals surface area contributed by atoms with Crippen LogP contribution in [0.2, 0.25) is 0 Å². The largest absolute Gasteiger partial charge is 0.504 e. The van der Waals surface area contributed by atoms with Gasteiger partial charge in [0.15, 0.2) is 11.5 Å². The van der Waals surface area contributed by atoms with Crippen molar-refractivity contribution in [3.05, 3.63) is 21.7 Å². The molecule has 0 atom stereocenters. The zero-order valence-corrected chi connectivity index (χ0v) is 10.8. The van der Waals surface area contributed by atoms with Crippen molar-refractivity contribution in [2.24, 2.45) is 0 Å². The van der Waals surface area contributed by atoms with Gasteiger partial charge in [-0.2, -0.15) is 0 Å². The lowest BCUT2D eigenvalue weighted by Gasteiger charge is -2.23. The van der Waals surface area contributed by atoms with Gasteiger partial charge in [0.2, 0.25) is 0 Å². The molecule has 1 aromatic rings. The highest BCUT2D eigenvalue weighted by atomic mass is 79.9. The maximum Gasteiger partial charge on any atom is 0.164 e. The second kappa shape index (κ2) is 4.02. The minimum absolute atomic E-state index is 0.00861. The van der Waals surface area contributed by atoms with Gasteiger partial charge >= 0.3 is 0 Å². The summed E-state index contributed by atoms with van der Waals surface area (Å²) in [6.45, 7) is 5.08. The van der Waals surface area contributed by atoms with Crippen molar-refractivity contribution < 1.29 is 14.9 Å². The van der Waals surface area contributed by atoms with Gasteiger partial charge in [-0.15, -0.1) is 0 Å². The predicted molar refractivity (Wildman–Crippen MR) is 62.3 cm³/mol. The number of phenols is 1. The Morgan fingerprint density at radius 1 is 1.40 bits per heavy atom. The number of ether oxygens (including phenoxy) is 1. The molecule has 0 aliphatic heterocycles. The van der Waals surface area contributed by atoms with E-state index < -0.39 is 5.60 Å². The van der Waals surface area contributed by atoms with E-state index in [1.54, 1.807) is 19.9 Å². The third-order valence-corrected chi connectivity index (χ3v) is 3.12. The number of phenolic OH excluding ortho intramolecular Hbond substituents is 1. The molecule has 4 heteroatoms. The van der Waals surface area contributed by atoms with Gasteiger partial charge < -0.3 is 14.9 Å². The highest BCUT2D eigenvalue weighted by Gasteiger charge is 2.26. The molecule has 3 nitrogen and oxygen atoms in total. The van der Waals surface area contributed by atoms with Crippen LogP contribution in [0, 0.1) is 6.92 Å². The van der Waals surface area contributed by atoms with Gasteiger partial charge in [-0.25, -0.2) is 0 Å². The summed E-state index contributed by atoms with van der Waals surface area (Å²) in [4.78, 5) is 0. The van der Waals surface area contributed by atoms with Crippen LogP contribution in [-0.4, -0.2) is 17.3 Å². The zero-order chi connectivity index (χ0) is 11.8. The molecule has 0 saturated heterocycles. The van der Waals surface area contributed by atoms with E-state index in [1.807, 2.05) is 6.92 Å². The zero-order valence-electron chi connectivity index (χ0n) is 9.26. The first-order valence-corrected chi connectivity index (χ1v) is 5.37. The molecule has 0 heterocycles. The first kappa shape index (κ1) is 12.3. The first-order valence-electron chi connectivity index (χ1n) is 4.58. The molecule has 0 unspecified atom stereocenters. The van der Waals surface area contributed by atoms with Crippen LogP contribution in [0.5, 0.6) is 11.5 Å². The summed E-state index contributed by atoms with van der Waals surface area (Å²) < 4.78 is 5.83. The van der Waals surface area contributed by atoms with Crippen molar-refractivity contribution in [2.75, 3.05) is 7.11 Å². The Kier molecular flexibility index (Phi) is 3.31. The minimum atomic E-state index is -1.11. The highest BCUT2D eigenvalue weighted by molar-refractivity contribution is 9.10. The van der Waals surface area contributed by atoms with E-state index in [1.165, 1.54) is 7.11 Å². The monoisotopic (exact) mass is 274 g/mol. The lowest BCUT2D eigenvalue weighted by molar-refractivity contribution is 0.0745. The van der Waals surface area contributed by atoms with Crippen molar-refractivity contribution in [1.82, 2.24) is 0 Å². The molecule has 0 bridgehead atoms. The Balaban J connectivity index is 3.55. The van der Waals surface area contributed by atoms with Gasteiger partial charge in [0.05, 0.1) is 12.7 Å². The van der Waals surface area contributed by atoms with Gasteiger partial charge in [-0.3, -0.25) is 0 Å². The molecule has 0 aromatic heterocycles. The van der Waals surface area contributed by atoms with Gasteiger partial charge in [0.25, 0.3) is 0 Å². The predicted octanol–water partition coefficient (Wildman–Crippen LogP) is 2.70. The van der Waals surface area contributed by atoms with Crippen LogP contribution in [0.15, 0.2) is 10.5 Å². The SMILES string of the molecule is COc1cc(Br)c(C)c(C(C)(C)O)c1O. The highest BCUT2D eigenvalue weighted by Crippen LogP contribution is 2.42. The number of halogens is 1. The first-order chi connectivity index (χ1) is 6.79. The number of hydrogen-bond donors (Lipinski definition) is 2. The van der Waals surface area contributed by atoms with Crippen molar-refractivity contribution in [1.29, 1.82) is 0 Å². The average molecular weight is 275 g/mol. The Labute approximate surface area is 97.8 Å². The summed E-state index contributed by atoms with van der Waals surface area (Å²) in [7, 11) is 1.48. The summed E-state index contributed by atoms with van der Waals surface area (Å²) >= 11 is 3.36. The fourth-order valence-electron chi connectivity index (χ4n) is 1.62. The molecule has 0 fully saturated rings. The standard InChI is InChI=1S/C11H15BrO3/c1-6-7(12)5-8(15-4)10(13)9(6)11(2,3)14/h5,13-14H,1-4H3. The molecule has 15 heavy (non-hydrogen) atoms. The summed E-state index contributed by atoms with van der Waals surface area (Å²) in [6.07, 6.45) is 0. The maximum atomic E-state index is 9.96. The lowest BCUT2D eigenvalue weighted by atomic mass is 9.92. The number of rotatable bonds is 2. The third kappa shape index (κ3) is 2.26. The quantitative estimate of drug-likeness (QED) is 0.872. The lowest BCUT2D eigenvalue weighted by Crippen LogP contribution is -2.18. The van der Waals surface area contributed by atoms with E-state index >= 15 is 0 Å². The number of methoxy groups -OCH3 is 1. The Morgan fingerprint density at radius 2 is 1.93 bits per heavy atom. The van der Waals surface area contributed by atoms with Gasteiger partial charge in [-0.1, -0.05) is 15.9 Å². The van der Waals surface area contributed by atoms with E-state index in [2.05, 4.69) is 15.9 Å². The van der Waals surface area contributed by atoms with Crippen LogP contribution < -0.4 is 4.74 Å². The Morgan fingerprint density at radius 3 is 2.33 bits per heavy atom. The molecule has 0 saturated carbocycles. The van der Waals surface area contributed by atoms with Gasteiger partial charge in [0, 0.05) is 10.0 Å². The summed E-state index contributed by atoms with van der Waals surface area (Å²) in [5, 5.41) is 19.9. The summed E-state index contributed by atoms with van der Waals surface area (Å²) in [6, 6.07) is 1.68. The fraction of sp³-hybridized carbons (Fsp3) is 0.455. The minimum Gasteiger partial charge on any atom is -0.504 e. The molecule has 0 amide bonds. The van der Waals surface area contributed by atoms with Crippen LogP contribution >= 0.6 is 15.9 Å². The van der Waals surface area contributed by atoms with Crippen LogP contribution in [0.25, 0.3) is 0 Å². The normalized spacial score (nSPS) is 11.6. The van der Waals surface area contributed by atoms with Crippen molar-refractivity contribution in [2.45, 2.75) is 26.4 Å². The van der Waals surface area contributed by atoms with E-state index in [0.717, 1.165) is 10.0 Å². The van der Waals surface area contributed by atoms with Gasteiger partial charge in [0.1, 0.15) is 0 Å². The van der Waals surface area contributed by atoms with Crippen molar-refractivity contribution >= 4 is 15.9 Å². The Hall–Kier alpha value is -0.740. The van der Waals surface area contributed by atoms with Crippen LogP contribution in [0.3, 0.4) is 0 Å². The fourth-order valence-corrected chi connectivity index (χ4v) is 2.02. The van der Waals surface area contributed by atoms with E-state index in [4.69, 9.17) is 4.74 Å². The van der Waals surface area contributed by atoms with E-state index in [0.29, 0.717) is 11.3 Å². The number of benzene rings is 1. The maximum absolute atomic E-state index is 9.96. The molecule has 84 valence electrons. The number of aliphatic hydroxyl groups is 1. The smallest absolute Gasteiger partial charge is 0.164 e. The molecule has 0 aliphatic rings. The number of aromatic hydroxyl groups is 1. The molecular formula is C11H15BrO3. The molecule has 2 N–H and O–H groups in total. The Bertz CT molecular complexity index is 380. The van der Waals surface area contributed by atoms with Crippen molar-refractivity contribution in [3.8, 4) is 11.5 Å². The van der Waals surface area contributed by atoms with E-state index in [-0.39, 0.29) is 5.75 Å². The second-order valence-electron chi connectivity index (χ2n) is 3.97. The topological polar surface area (TPSA) is 49.7 Å². The van der Waals surface area contributed by atoms with Crippen LogP contribution in [0.4, 0.5) is 0 Å². The summed E-state index contributed by atoms with van der Waals surface area (Å²) in [5.74, 6) is 0.343. The average Bonchev–Trinajstić information content (AvgIpc) is 2.09. The number of hydrogen-bond acceptors (Lipinski definition) is 3. The summed E-state index contributed by atoms with van der Waals surface area (Å²) in [5.41, 5.74) is 0.181. The molecular weight excluding hydrogens is 260 g/mol. The van der Waals surface area contributed by atoms with Gasteiger partial charge in [-0.05, 0) is 32.4 Å². The molecule has 0 radical (unpaired) electrons. The van der Waals surface area contributed by atoms with Crippen LogP contribution in [-0.2, 0) is 5.60 Å². The molecule has 0 aliphatic carbocycles. The molecule has 0 spiro atoms.